The van der Waals surface area contributed by atoms with Gasteiger partial charge in [-0.1, -0.05) is 30.8 Å². The molecule has 2 aromatic rings. The lowest BCUT2D eigenvalue weighted by atomic mass is 10.1. The lowest BCUT2D eigenvalue weighted by Crippen LogP contribution is -2.08. The van der Waals surface area contributed by atoms with Crippen LogP contribution in [0.5, 0.6) is 0 Å². The molecule has 104 valence electrons. The van der Waals surface area contributed by atoms with Crippen molar-refractivity contribution in [2.75, 3.05) is 11.1 Å². The van der Waals surface area contributed by atoms with Gasteiger partial charge in [0.2, 0.25) is 0 Å². The Morgan fingerprint density at radius 2 is 2.05 bits per heavy atom. The molecule has 0 atom stereocenters. The molecule has 1 heterocycles. The maximum absolute atomic E-state index is 11.5. The molecule has 2 rings (SSSR count). The van der Waals surface area contributed by atoms with Crippen molar-refractivity contribution in [2.45, 2.75) is 13.8 Å². The summed E-state index contributed by atoms with van der Waals surface area (Å²) in [7, 11) is 0. The fourth-order valence-electron chi connectivity index (χ4n) is 1.79. The third-order valence-corrected chi connectivity index (χ3v) is 3.33. The fraction of sp³-hybridized carbons (Fsp3) is 0.214. The summed E-state index contributed by atoms with van der Waals surface area (Å²) in [6.45, 7) is 3.77. The number of aryl methyl sites for hydroxylation is 1. The molecule has 0 spiro atoms. The second-order valence-corrected chi connectivity index (χ2v) is 5.42. The second kappa shape index (κ2) is 6.38. The summed E-state index contributed by atoms with van der Waals surface area (Å²) in [6.07, 6.45) is 0. The van der Waals surface area contributed by atoms with Crippen LogP contribution in [0.2, 0.25) is 0 Å². The molecule has 1 amide bonds. The van der Waals surface area contributed by atoms with E-state index in [9.17, 15) is 9.59 Å². The van der Waals surface area contributed by atoms with E-state index in [4.69, 9.17) is 0 Å². The molecule has 1 aromatic heterocycles. The SMILES string of the molecule is CCSC(=O)Nc1ccc(-c2n[nH]c(=O)cc2C)cc1. The lowest BCUT2D eigenvalue weighted by Gasteiger charge is -2.06. The van der Waals surface area contributed by atoms with Crippen molar-refractivity contribution >= 4 is 22.7 Å². The van der Waals surface area contributed by atoms with E-state index in [-0.39, 0.29) is 10.8 Å². The Bertz CT molecular complexity index is 665. The molecule has 5 nitrogen and oxygen atoms in total. The van der Waals surface area contributed by atoms with Crippen molar-refractivity contribution in [1.82, 2.24) is 10.2 Å². The molecule has 0 aliphatic heterocycles. The second-order valence-electron chi connectivity index (χ2n) is 4.19. The van der Waals surface area contributed by atoms with Crippen LogP contribution in [0.25, 0.3) is 11.3 Å². The van der Waals surface area contributed by atoms with Gasteiger partial charge in [-0.15, -0.1) is 0 Å². The van der Waals surface area contributed by atoms with Crippen LogP contribution in [-0.2, 0) is 0 Å². The summed E-state index contributed by atoms with van der Waals surface area (Å²) in [5, 5.41) is 9.18. The molecule has 0 radical (unpaired) electrons. The highest BCUT2D eigenvalue weighted by Gasteiger charge is 2.06. The predicted molar refractivity (Wildman–Crippen MR) is 82.2 cm³/mol. The molecule has 0 aliphatic carbocycles. The van der Waals surface area contributed by atoms with Gasteiger partial charge in [0.05, 0.1) is 5.69 Å². The standard InChI is InChI=1S/C14H15N3O2S/c1-3-20-14(19)15-11-6-4-10(5-7-11)13-9(2)8-12(18)16-17-13/h4-8H,3H2,1-2H3,(H,15,19)(H,16,18). The van der Waals surface area contributed by atoms with Crippen LogP contribution >= 0.6 is 11.8 Å². The molecule has 0 saturated heterocycles. The summed E-state index contributed by atoms with van der Waals surface area (Å²) in [4.78, 5) is 22.6. The Balaban J connectivity index is 2.19. The fourth-order valence-corrected chi connectivity index (χ4v) is 2.24. The minimum absolute atomic E-state index is 0.0707. The van der Waals surface area contributed by atoms with E-state index in [2.05, 4.69) is 15.5 Å². The van der Waals surface area contributed by atoms with Crippen molar-refractivity contribution in [1.29, 1.82) is 0 Å². The van der Waals surface area contributed by atoms with E-state index in [0.717, 1.165) is 28.3 Å². The molecule has 0 fully saturated rings. The van der Waals surface area contributed by atoms with E-state index in [1.807, 2.05) is 38.1 Å². The minimum atomic E-state index is -0.216. The normalized spacial score (nSPS) is 10.3. The number of H-pyrrole nitrogens is 1. The van der Waals surface area contributed by atoms with Crippen molar-refractivity contribution in [3.8, 4) is 11.3 Å². The zero-order valence-corrected chi connectivity index (χ0v) is 12.1. The van der Waals surface area contributed by atoms with Gasteiger partial charge in [0, 0.05) is 17.3 Å². The van der Waals surface area contributed by atoms with E-state index >= 15 is 0 Å². The number of nitrogens with one attached hydrogen (secondary N) is 2. The number of anilines is 1. The molecule has 20 heavy (non-hydrogen) atoms. The summed E-state index contributed by atoms with van der Waals surface area (Å²) < 4.78 is 0. The Morgan fingerprint density at radius 3 is 2.65 bits per heavy atom. The van der Waals surface area contributed by atoms with Crippen molar-refractivity contribution in [2.24, 2.45) is 0 Å². The van der Waals surface area contributed by atoms with Gasteiger partial charge in [0.15, 0.2) is 0 Å². The molecule has 2 N–H and O–H groups in total. The highest BCUT2D eigenvalue weighted by atomic mass is 32.2. The average molecular weight is 289 g/mol. The van der Waals surface area contributed by atoms with E-state index < -0.39 is 0 Å². The van der Waals surface area contributed by atoms with Crippen LogP contribution in [0.4, 0.5) is 10.5 Å². The topological polar surface area (TPSA) is 74.8 Å². The number of rotatable bonds is 3. The zero-order chi connectivity index (χ0) is 14.5. The van der Waals surface area contributed by atoms with Crippen LogP contribution in [0.1, 0.15) is 12.5 Å². The number of hydrogen-bond acceptors (Lipinski definition) is 4. The first-order chi connectivity index (χ1) is 9.60. The van der Waals surface area contributed by atoms with Crippen LogP contribution in [0.3, 0.4) is 0 Å². The number of amides is 1. The van der Waals surface area contributed by atoms with Crippen molar-refractivity contribution in [3.05, 3.63) is 46.2 Å². The van der Waals surface area contributed by atoms with Crippen LogP contribution in [0, 0.1) is 6.92 Å². The van der Waals surface area contributed by atoms with Gasteiger partial charge in [0.25, 0.3) is 10.8 Å². The van der Waals surface area contributed by atoms with Crippen molar-refractivity contribution in [3.63, 3.8) is 0 Å². The summed E-state index contributed by atoms with van der Waals surface area (Å²) in [6, 6.07) is 8.86. The Kier molecular flexibility index (Phi) is 4.57. The first-order valence-corrected chi connectivity index (χ1v) is 7.19. The molecule has 6 heteroatoms. The largest absolute Gasteiger partial charge is 0.317 e. The maximum Gasteiger partial charge on any atom is 0.283 e. The Labute approximate surface area is 120 Å². The van der Waals surface area contributed by atoms with E-state index in [0.29, 0.717) is 0 Å². The number of carbonyl (C=O) groups is 1. The summed E-state index contributed by atoms with van der Waals surface area (Å²) in [5.41, 5.74) is 2.95. The van der Waals surface area contributed by atoms with Gasteiger partial charge >= 0.3 is 0 Å². The quantitative estimate of drug-likeness (QED) is 0.910. The Morgan fingerprint density at radius 1 is 1.35 bits per heavy atom. The lowest BCUT2D eigenvalue weighted by molar-refractivity contribution is 0.270. The van der Waals surface area contributed by atoms with Crippen LogP contribution in [-0.4, -0.2) is 21.2 Å². The monoisotopic (exact) mass is 289 g/mol. The molecule has 0 saturated carbocycles. The highest BCUT2D eigenvalue weighted by Crippen LogP contribution is 2.21. The van der Waals surface area contributed by atoms with Crippen molar-refractivity contribution < 1.29 is 4.79 Å². The molecule has 1 aromatic carbocycles. The van der Waals surface area contributed by atoms with Crippen LogP contribution < -0.4 is 10.9 Å². The molecule has 0 unspecified atom stereocenters. The first kappa shape index (κ1) is 14.3. The van der Waals surface area contributed by atoms with Crippen LogP contribution in [0.15, 0.2) is 35.1 Å². The maximum atomic E-state index is 11.5. The highest BCUT2D eigenvalue weighted by molar-refractivity contribution is 8.13. The van der Waals surface area contributed by atoms with Gasteiger partial charge in [-0.05, 0) is 30.4 Å². The third kappa shape index (κ3) is 3.48. The third-order valence-electron chi connectivity index (χ3n) is 2.68. The molecule has 0 aliphatic rings. The predicted octanol–water partition coefficient (Wildman–Crippen LogP) is 3.03. The van der Waals surface area contributed by atoms with Gasteiger partial charge in [0.1, 0.15) is 0 Å². The zero-order valence-electron chi connectivity index (χ0n) is 11.3. The number of benzene rings is 1. The van der Waals surface area contributed by atoms with Gasteiger partial charge in [-0.2, -0.15) is 5.10 Å². The van der Waals surface area contributed by atoms with E-state index in [1.165, 1.54) is 17.8 Å². The number of nitrogens with zero attached hydrogens (tertiary/aromatic N) is 1. The molecular formula is C14H15N3O2S. The van der Waals surface area contributed by atoms with Gasteiger partial charge < -0.3 is 5.32 Å². The summed E-state index contributed by atoms with van der Waals surface area (Å²) >= 11 is 1.23. The number of carbonyl (C=O) groups excluding carboxylic acids is 1. The number of hydrogen-bond donors (Lipinski definition) is 2. The minimum Gasteiger partial charge on any atom is -0.317 e. The molecular weight excluding hydrogens is 274 g/mol. The van der Waals surface area contributed by atoms with Gasteiger partial charge in [-0.25, -0.2) is 5.10 Å². The number of aromatic amines is 1. The first-order valence-electron chi connectivity index (χ1n) is 6.20. The average Bonchev–Trinajstić information content (AvgIpc) is 2.40. The van der Waals surface area contributed by atoms with Gasteiger partial charge in [-0.3, -0.25) is 9.59 Å². The smallest absolute Gasteiger partial charge is 0.283 e. The van der Waals surface area contributed by atoms with E-state index in [1.54, 1.807) is 0 Å². The number of thioether (sulfide) groups is 1. The Hall–Kier alpha value is -2.08. The molecule has 0 bridgehead atoms. The summed E-state index contributed by atoms with van der Waals surface area (Å²) in [5.74, 6) is 0.740. The number of aromatic nitrogens is 2.